The molecule has 0 saturated heterocycles. The van der Waals surface area contributed by atoms with Crippen molar-refractivity contribution in [3.05, 3.63) is 50.7 Å². The zero-order chi connectivity index (χ0) is 19.1. The van der Waals surface area contributed by atoms with Gasteiger partial charge in [-0.3, -0.25) is 4.79 Å². The summed E-state index contributed by atoms with van der Waals surface area (Å²) in [6.45, 7) is 2.65. The van der Waals surface area contributed by atoms with Crippen molar-refractivity contribution in [2.75, 3.05) is 20.6 Å². The molecule has 0 spiro atoms. The number of carbonyl (C=O) groups excluding carboxylic acids is 1. The molecule has 5 nitrogen and oxygen atoms in total. The molecule has 8 heteroatoms. The summed E-state index contributed by atoms with van der Waals surface area (Å²) in [5.41, 5.74) is 1.41. The highest BCUT2D eigenvalue weighted by molar-refractivity contribution is 7.89. The van der Waals surface area contributed by atoms with Crippen LogP contribution in [-0.2, 0) is 16.4 Å². The van der Waals surface area contributed by atoms with E-state index in [2.05, 4.69) is 11.4 Å². The molecule has 0 bridgehead atoms. The molecule has 3 rings (SSSR count). The van der Waals surface area contributed by atoms with E-state index in [-0.39, 0.29) is 27.4 Å². The normalized spacial score (nSPS) is 17.4. The summed E-state index contributed by atoms with van der Waals surface area (Å²) in [5, 5.41) is 2.32. The average Bonchev–Trinajstić information content (AvgIpc) is 3.09. The minimum Gasteiger partial charge on any atom is -0.331 e. The lowest BCUT2D eigenvalue weighted by molar-refractivity contribution is 0.0657. The van der Waals surface area contributed by atoms with Gasteiger partial charge in [-0.2, -0.15) is 0 Å². The first-order chi connectivity index (χ1) is 12.3. The van der Waals surface area contributed by atoms with Gasteiger partial charge in [-0.15, -0.1) is 11.3 Å². The second-order valence-corrected chi connectivity index (χ2v) is 9.96. The Morgan fingerprint density at radius 3 is 2.73 bits per heavy atom. The van der Waals surface area contributed by atoms with Crippen molar-refractivity contribution in [2.24, 2.45) is 0 Å². The first-order valence-corrected chi connectivity index (χ1v) is 11.1. The van der Waals surface area contributed by atoms with E-state index in [9.17, 15) is 13.2 Å². The van der Waals surface area contributed by atoms with E-state index >= 15 is 0 Å². The van der Waals surface area contributed by atoms with E-state index in [1.165, 1.54) is 42.7 Å². The number of carbonyl (C=O) groups is 1. The van der Waals surface area contributed by atoms with Gasteiger partial charge in [0.15, 0.2) is 0 Å². The van der Waals surface area contributed by atoms with Crippen LogP contribution in [0.5, 0.6) is 0 Å². The molecule has 0 unspecified atom stereocenters. The molecule has 140 valence electrons. The molecule has 26 heavy (non-hydrogen) atoms. The lowest BCUT2D eigenvalue weighted by Gasteiger charge is -2.35. The Balaban J connectivity index is 2.00. The van der Waals surface area contributed by atoms with E-state index in [0.29, 0.717) is 6.54 Å². The van der Waals surface area contributed by atoms with Crippen molar-refractivity contribution in [3.8, 4) is 0 Å². The molecule has 2 aromatic rings. The molecular weight excluding hydrogens is 392 g/mol. The maximum atomic E-state index is 13.2. The van der Waals surface area contributed by atoms with Gasteiger partial charge in [0.25, 0.3) is 5.91 Å². The number of hydrogen-bond acceptors (Lipinski definition) is 4. The van der Waals surface area contributed by atoms with Crippen LogP contribution in [0.1, 0.15) is 40.2 Å². The zero-order valence-corrected chi connectivity index (χ0v) is 17.3. The third kappa shape index (κ3) is 3.29. The van der Waals surface area contributed by atoms with Gasteiger partial charge in [0.2, 0.25) is 10.0 Å². The fraction of sp³-hybridized carbons (Fsp3) is 0.389. The summed E-state index contributed by atoms with van der Waals surface area (Å²) >= 11 is 7.97. The Morgan fingerprint density at radius 1 is 1.35 bits per heavy atom. The molecule has 1 amide bonds. The van der Waals surface area contributed by atoms with Crippen LogP contribution in [0.2, 0.25) is 5.02 Å². The summed E-state index contributed by atoms with van der Waals surface area (Å²) in [6, 6.07) is 6.35. The van der Waals surface area contributed by atoms with Gasteiger partial charge in [0.05, 0.1) is 21.5 Å². The van der Waals surface area contributed by atoms with Crippen LogP contribution in [-0.4, -0.2) is 44.2 Å². The van der Waals surface area contributed by atoms with Crippen molar-refractivity contribution >= 4 is 38.9 Å². The first-order valence-electron chi connectivity index (χ1n) is 8.36. The van der Waals surface area contributed by atoms with Crippen LogP contribution in [0.15, 0.2) is 34.5 Å². The Labute approximate surface area is 163 Å². The number of sulfonamides is 1. The van der Waals surface area contributed by atoms with Gasteiger partial charge < -0.3 is 4.90 Å². The monoisotopic (exact) mass is 412 g/mol. The fourth-order valence-electron chi connectivity index (χ4n) is 3.27. The zero-order valence-electron chi connectivity index (χ0n) is 14.9. The molecule has 1 aliphatic heterocycles. The second-order valence-electron chi connectivity index (χ2n) is 6.40. The third-order valence-electron chi connectivity index (χ3n) is 4.69. The second kappa shape index (κ2) is 7.31. The van der Waals surface area contributed by atoms with Crippen LogP contribution in [0, 0.1) is 0 Å². The minimum atomic E-state index is -3.63. The number of nitrogens with zero attached hydrogens (tertiary/aromatic N) is 2. The SMILES string of the molecule is CC[C@H]1c2ccsc2CCN1C(=O)c1cc(S(=O)(=O)N(C)C)ccc1Cl. The molecular formula is C18H21ClN2O3S2. The Hall–Kier alpha value is -1.41. The lowest BCUT2D eigenvalue weighted by atomic mass is 9.97. The van der Waals surface area contributed by atoms with Crippen molar-refractivity contribution in [1.29, 1.82) is 0 Å². The van der Waals surface area contributed by atoms with Crippen molar-refractivity contribution in [3.63, 3.8) is 0 Å². The van der Waals surface area contributed by atoms with E-state index < -0.39 is 10.0 Å². The summed E-state index contributed by atoms with van der Waals surface area (Å²) in [5.74, 6) is -0.227. The maximum absolute atomic E-state index is 13.2. The topological polar surface area (TPSA) is 57.7 Å². The van der Waals surface area contributed by atoms with Crippen LogP contribution in [0.3, 0.4) is 0 Å². The predicted molar refractivity (Wildman–Crippen MR) is 104 cm³/mol. The molecule has 1 aromatic carbocycles. The number of fused-ring (bicyclic) bond motifs is 1. The minimum absolute atomic E-state index is 0.0114. The van der Waals surface area contributed by atoms with Gasteiger partial charge in [-0.25, -0.2) is 12.7 Å². The molecule has 0 N–H and O–H groups in total. The number of benzene rings is 1. The molecule has 2 heterocycles. The number of rotatable bonds is 4. The fourth-order valence-corrected chi connectivity index (χ4v) is 5.33. The quantitative estimate of drug-likeness (QED) is 0.767. The van der Waals surface area contributed by atoms with Crippen LogP contribution < -0.4 is 0 Å². The van der Waals surface area contributed by atoms with Crippen molar-refractivity contribution in [2.45, 2.75) is 30.7 Å². The van der Waals surface area contributed by atoms with Gasteiger partial charge in [0, 0.05) is 25.5 Å². The molecule has 1 atom stereocenters. The molecule has 0 saturated carbocycles. The lowest BCUT2D eigenvalue weighted by Crippen LogP contribution is -2.39. The summed E-state index contributed by atoms with van der Waals surface area (Å²) in [6.07, 6.45) is 1.60. The van der Waals surface area contributed by atoms with Crippen LogP contribution in [0.25, 0.3) is 0 Å². The molecule has 0 radical (unpaired) electrons. The molecule has 0 aliphatic carbocycles. The van der Waals surface area contributed by atoms with Gasteiger partial charge in [-0.05, 0) is 48.1 Å². The third-order valence-corrected chi connectivity index (χ3v) is 7.83. The molecule has 0 fully saturated rings. The summed E-state index contributed by atoms with van der Waals surface area (Å²) in [7, 11) is -0.714. The Morgan fingerprint density at radius 2 is 2.08 bits per heavy atom. The van der Waals surface area contributed by atoms with Crippen LogP contribution in [0.4, 0.5) is 0 Å². The molecule has 1 aliphatic rings. The van der Waals surface area contributed by atoms with Gasteiger partial charge in [-0.1, -0.05) is 18.5 Å². The van der Waals surface area contributed by atoms with Gasteiger partial charge >= 0.3 is 0 Å². The first kappa shape index (κ1) is 19.4. The Kier molecular flexibility index (Phi) is 5.44. The smallest absolute Gasteiger partial charge is 0.255 e. The standard InChI is InChI=1S/C18H21ClN2O3S2/c1-4-16-13-8-10-25-17(13)7-9-21(16)18(22)14-11-12(5-6-15(14)19)26(23,24)20(2)3/h5-6,8,10-11,16H,4,7,9H2,1-3H3/t16-/m0/s1. The van der Waals surface area contributed by atoms with Crippen molar-refractivity contribution < 1.29 is 13.2 Å². The number of halogens is 1. The maximum Gasteiger partial charge on any atom is 0.255 e. The number of amides is 1. The number of hydrogen-bond donors (Lipinski definition) is 0. The molecule has 1 aromatic heterocycles. The van der Waals surface area contributed by atoms with Crippen LogP contribution >= 0.6 is 22.9 Å². The summed E-state index contributed by atoms with van der Waals surface area (Å²) < 4.78 is 25.9. The average molecular weight is 413 g/mol. The highest BCUT2D eigenvalue weighted by Crippen LogP contribution is 2.37. The van der Waals surface area contributed by atoms with Crippen molar-refractivity contribution in [1.82, 2.24) is 9.21 Å². The van der Waals surface area contributed by atoms with E-state index in [1.807, 2.05) is 11.8 Å². The highest BCUT2D eigenvalue weighted by Gasteiger charge is 2.32. The summed E-state index contributed by atoms with van der Waals surface area (Å²) in [4.78, 5) is 16.4. The number of thiophene rings is 1. The predicted octanol–water partition coefficient (Wildman–Crippen LogP) is 3.80. The highest BCUT2D eigenvalue weighted by atomic mass is 35.5. The van der Waals surface area contributed by atoms with E-state index in [0.717, 1.165) is 17.1 Å². The largest absolute Gasteiger partial charge is 0.331 e. The van der Waals surface area contributed by atoms with Gasteiger partial charge in [0.1, 0.15) is 0 Å². The Bertz CT molecular complexity index is 938. The van der Waals surface area contributed by atoms with E-state index in [4.69, 9.17) is 11.6 Å². The van der Waals surface area contributed by atoms with E-state index in [1.54, 1.807) is 11.3 Å².